The van der Waals surface area contributed by atoms with Crippen LogP contribution in [0.1, 0.15) is 0 Å². The van der Waals surface area contributed by atoms with Crippen LogP contribution in [0, 0.1) is 35.6 Å². The maximum absolute atomic E-state index is 0. The Morgan fingerprint density at radius 3 is 1.00 bits per heavy atom. The van der Waals surface area contributed by atoms with Crippen LogP contribution in [0.2, 0.25) is 0 Å². The molecule has 0 aliphatic carbocycles. The summed E-state index contributed by atoms with van der Waals surface area (Å²) < 4.78 is 0. The van der Waals surface area contributed by atoms with Crippen molar-refractivity contribution < 1.29 is 107 Å². The molecule has 0 aromatic heterocycles. The zero-order valence-corrected chi connectivity index (χ0v) is 14.9. The molecule has 0 amide bonds. The molecule has 0 atom stereocenters. The van der Waals surface area contributed by atoms with Gasteiger partial charge in [0.25, 0.3) is 0 Å². The Bertz CT molecular complexity index is 8.00. The van der Waals surface area contributed by atoms with Crippen molar-refractivity contribution in [2.75, 3.05) is 0 Å². The number of hydrogen-bond donors (Lipinski definition) is 0. The van der Waals surface area contributed by atoms with Crippen molar-refractivity contribution in [1.29, 1.82) is 0 Å². The van der Waals surface area contributed by atoms with E-state index in [1.54, 1.807) is 0 Å². The zero-order valence-electron chi connectivity index (χ0n) is 2.28. The van der Waals surface area contributed by atoms with Crippen LogP contribution in [-0.2, 0) is 71.5 Å². The predicted molar refractivity (Wildman–Crippen MR) is 0 cm³/mol. The van der Waals surface area contributed by atoms with Gasteiger partial charge < -0.3 is 0 Å². The first-order chi connectivity index (χ1) is 0. The first-order valence-electron chi connectivity index (χ1n) is 0. The van der Waals surface area contributed by atoms with Crippen molar-refractivity contribution in [1.82, 2.24) is 0 Å². The molecule has 0 rings (SSSR count). The van der Waals surface area contributed by atoms with E-state index in [4.69, 9.17) is 0 Å². The molecule has 0 N–H and O–H groups in total. The standard InChI is InChI=1S/Hf.La.Zn.Zr. The van der Waals surface area contributed by atoms with Gasteiger partial charge in [-0.25, -0.2) is 0 Å². The SMILES string of the molecule is [Hf].[La].[Zn].[Zr]. The minimum Gasteiger partial charge on any atom is 0 e. The van der Waals surface area contributed by atoms with E-state index in [-0.39, 0.29) is 107 Å². The average molecular weight is 474 g/mol. The van der Waals surface area contributed by atoms with Gasteiger partial charge in [0.2, 0.25) is 0 Å². The van der Waals surface area contributed by atoms with E-state index < -0.39 is 0 Å². The van der Waals surface area contributed by atoms with Gasteiger partial charge in [-0.3, -0.25) is 0 Å². The first kappa shape index (κ1) is 25.6. The zero-order chi connectivity index (χ0) is 0. The van der Waals surface area contributed by atoms with Crippen LogP contribution in [0.15, 0.2) is 0 Å². The monoisotopic (exact) mass is 473 g/mol. The molecule has 0 unspecified atom stereocenters. The Hall–Kier alpha value is 3.57. The molecular formula is HfLaZnZr. The fourth-order valence-corrected chi connectivity index (χ4v) is 0. The van der Waals surface area contributed by atoms with E-state index in [0.717, 1.165) is 0 Å². The van der Waals surface area contributed by atoms with Gasteiger partial charge in [-0.05, 0) is 0 Å². The van der Waals surface area contributed by atoms with E-state index in [2.05, 4.69) is 0 Å². The molecule has 0 aliphatic heterocycles. The third-order valence-corrected chi connectivity index (χ3v) is 0. The van der Waals surface area contributed by atoms with Gasteiger partial charge in [0, 0.05) is 107 Å². The van der Waals surface area contributed by atoms with Crippen LogP contribution >= 0.6 is 0 Å². The Morgan fingerprint density at radius 1 is 1.00 bits per heavy atom. The van der Waals surface area contributed by atoms with E-state index in [0.29, 0.717) is 0 Å². The smallest absolute Gasteiger partial charge is 0 e. The van der Waals surface area contributed by atoms with E-state index in [1.165, 1.54) is 0 Å². The summed E-state index contributed by atoms with van der Waals surface area (Å²) in [6.45, 7) is 0. The molecular weight excluding hydrogens is 474 g/mol. The van der Waals surface area contributed by atoms with Crippen LogP contribution in [0.4, 0.5) is 0 Å². The second kappa shape index (κ2) is 16.0. The molecule has 0 saturated heterocycles. The Kier molecular flexibility index (Phi) is 102. The van der Waals surface area contributed by atoms with Crippen LogP contribution in [-0.4, -0.2) is 0 Å². The molecule has 4 heteroatoms. The van der Waals surface area contributed by atoms with Crippen LogP contribution in [0.5, 0.6) is 0 Å². The van der Waals surface area contributed by atoms with Crippen molar-refractivity contribution in [3.8, 4) is 0 Å². The Balaban J connectivity index is 0. The topological polar surface area (TPSA) is 0 Å². The summed E-state index contributed by atoms with van der Waals surface area (Å²) in [4.78, 5) is 0. The van der Waals surface area contributed by atoms with E-state index in [9.17, 15) is 0 Å². The number of rotatable bonds is 0. The second-order valence-corrected chi connectivity index (χ2v) is 0. The summed E-state index contributed by atoms with van der Waals surface area (Å²) >= 11 is 0. The molecule has 1 radical (unpaired) electrons. The third kappa shape index (κ3) is 9.13. The summed E-state index contributed by atoms with van der Waals surface area (Å²) in [5.41, 5.74) is 0. The molecule has 0 heterocycles. The third-order valence-electron chi connectivity index (χ3n) is 0. The molecule has 0 aromatic carbocycles. The van der Waals surface area contributed by atoms with Crippen LogP contribution < -0.4 is 0 Å². The summed E-state index contributed by atoms with van der Waals surface area (Å²) in [7, 11) is 0. The average Bonchev–Trinajstić information content (AvgIpc) is 0. The van der Waals surface area contributed by atoms with Gasteiger partial charge in [0.05, 0.1) is 0 Å². The van der Waals surface area contributed by atoms with Gasteiger partial charge in [0.15, 0.2) is 0 Å². The molecule has 4 heavy (non-hydrogen) atoms. The molecule has 13 valence electrons. The molecule has 0 aromatic rings. The van der Waals surface area contributed by atoms with Crippen molar-refractivity contribution in [2.45, 2.75) is 0 Å². The van der Waals surface area contributed by atoms with Gasteiger partial charge in [-0.15, -0.1) is 0 Å². The minimum absolute atomic E-state index is 0. The maximum Gasteiger partial charge on any atom is 0 e. The van der Waals surface area contributed by atoms with Crippen molar-refractivity contribution >= 4 is 0 Å². The second-order valence-electron chi connectivity index (χ2n) is 0. The van der Waals surface area contributed by atoms with Gasteiger partial charge in [-0.1, -0.05) is 0 Å². The fraction of sp³-hybridized carbons (Fsp3) is 0. The molecule has 0 spiro atoms. The Labute approximate surface area is 105 Å². The van der Waals surface area contributed by atoms with Gasteiger partial charge in [-0.2, -0.15) is 0 Å². The number of hydrogen-bond acceptors (Lipinski definition) is 0. The van der Waals surface area contributed by atoms with Crippen LogP contribution in [0.3, 0.4) is 0 Å². The maximum atomic E-state index is 0. The molecule has 0 aliphatic rings. The van der Waals surface area contributed by atoms with E-state index in [1.807, 2.05) is 0 Å². The predicted octanol–water partition coefficient (Wildman–Crippen LogP) is -0.00750. The van der Waals surface area contributed by atoms with Gasteiger partial charge in [0.1, 0.15) is 0 Å². The van der Waals surface area contributed by atoms with Gasteiger partial charge >= 0.3 is 0 Å². The quantitative estimate of drug-likeness (QED) is 0.434. The van der Waals surface area contributed by atoms with Crippen LogP contribution in [0.25, 0.3) is 0 Å². The summed E-state index contributed by atoms with van der Waals surface area (Å²) in [6, 6.07) is 0. The minimum atomic E-state index is 0. The normalized spacial score (nSPS) is 0. The molecule has 0 saturated carbocycles. The first-order valence-corrected chi connectivity index (χ1v) is 0. The molecule has 0 nitrogen and oxygen atoms in total. The molecule has 0 bridgehead atoms. The summed E-state index contributed by atoms with van der Waals surface area (Å²) in [5.74, 6) is 0. The fourth-order valence-electron chi connectivity index (χ4n) is 0. The van der Waals surface area contributed by atoms with Crippen molar-refractivity contribution in [3.63, 3.8) is 0 Å². The summed E-state index contributed by atoms with van der Waals surface area (Å²) in [6.07, 6.45) is 0. The Morgan fingerprint density at radius 2 is 1.00 bits per heavy atom. The van der Waals surface area contributed by atoms with Crippen molar-refractivity contribution in [3.05, 3.63) is 0 Å². The van der Waals surface area contributed by atoms with Crippen molar-refractivity contribution in [2.24, 2.45) is 0 Å². The molecule has 0 fully saturated rings. The van der Waals surface area contributed by atoms with E-state index >= 15 is 0 Å². The largest absolute Gasteiger partial charge is 0 e. The summed E-state index contributed by atoms with van der Waals surface area (Å²) in [5, 5.41) is 0.